The zero-order valence-corrected chi connectivity index (χ0v) is 34.5. The molecule has 10 aromatic carbocycles. The van der Waals surface area contributed by atoms with Crippen LogP contribution in [0, 0.1) is 0 Å². The zero-order valence-electron chi connectivity index (χ0n) is 34.5. The van der Waals surface area contributed by atoms with Gasteiger partial charge in [-0.25, -0.2) is 9.97 Å². The lowest BCUT2D eigenvalue weighted by Crippen LogP contribution is -2.28. The fraction of sp³-hybridized carbons (Fsp3) is 0.0164. The Balaban J connectivity index is 0.991. The van der Waals surface area contributed by atoms with E-state index in [0.29, 0.717) is 5.82 Å². The summed E-state index contributed by atoms with van der Waals surface area (Å²) in [6, 6.07) is 87.8. The summed E-state index contributed by atoms with van der Waals surface area (Å²) in [7, 11) is 0. The Morgan fingerprint density at radius 1 is 0.286 bits per heavy atom. The first kappa shape index (κ1) is 36.6. The third-order valence-corrected chi connectivity index (χ3v) is 13.0. The predicted molar refractivity (Wildman–Crippen MR) is 262 cm³/mol. The molecule has 0 unspecified atom stereocenters. The highest BCUT2D eigenvalue weighted by molar-refractivity contribution is 6.04. The fourth-order valence-corrected chi connectivity index (χ4v) is 10.1. The molecule has 63 heavy (non-hydrogen) atoms. The van der Waals surface area contributed by atoms with Crippen LogP contribution in [0.4, 0.5) is 0 Å². The average Bonchev–Trinajstić information content (AvgIpc) is 3.67. The number of hydrogen-bond acceptors (Lipinski definition) is 2. The van der Waals surface area contributed by atoms with Crippen LogP contribution >= 0.6 is 0 Å². The quantitative estimate of drug-likeness (QED) is 0.160. The van der Waals surface area contributed by atoms with Gasteiger partial charge in [0.2, 0.25) is 0 Å². The third-order valence-electron chi connectivity index (χ3n) is 13.0. The molecule has 1 aliphatic rings. The van der Waals surface area contributed by atoms with E-state index in [-0.39, 0.29) is 0 Å². The lowest BCUT2D eigenvalue weighted by molar-refractivity contribution is 0.769. The molecule has 294 valence electrons. The van der Waals surface area contributed by atoms with Crippen LogP contribution in [0.2, 0.25) is 0 Å². The molecule has 1 heterocycles. The van der Waals surface area contributed by atoms with Gasteiger partial charge in [-0.1, -0.05) is 218 Å². The molecule has 2 nitrogen and oxygen atoms in total. The molecule has 1 aromatic heterocycles. The Hall–Kier alpha value is -8.20. The lowest BCUT2D eigenvalue weighted by Gasteiger charge is -2.34. The number of hydrogen-bond donors (Lipinski definition) is 0. The summed E-state index contributed by atoms with van der Waals surface area (Å²) in [6.07, 6.45) is 0. The van der Waals surface area contributed by atoms with Gasteiger partial charge in [-0.15, -0.1) is 0 Å². The van der Waals surface area contributed by atoms with Crippen LogP contribution in [0.5, 0.6) is 0 Å². The summed E-state index contributed by atoms with van der Waals surface area (Å²) in [5, 5.41) is 4.67. The van der Waals surface area contributed by atoms with Crippen molar-refractivity contribution in [2.24, 2.45) is 0 Å². The van der Waals surface area contributed by atoms with Gasteiger partial charge in [0, 0.05) is 16.7 Å². The largest absolute Gasteiger partial charge is 0.228 e. The Bertz CT molecular complexity index is 3450. The van der Waals surface area contributed by atoms with Gasteiger partial charge in [0.15, 0.2) is 5.82 Å². The molecule has 1 aliphatic carbocycles. The minimum Gasteiger partial charge on any atom is -0.228 e. The van der Waals surface area contributed by atoms with E-state index in [9.17, 15) is 0 Å². The van der Waals surface area contributed by atoms with Crippen LogP contribution in [-0.4, -0.2) is 9.97 Å². The van der Waals surface area contributed by atoms with Gasteiger partial charge in [-0.05, 0) is 101 Å². The van der Waals surface area contributed by atoms with Crippen molar-refractivity contribution in [2.45, 2.75) is 5.41 Å². The van der Waals surface area contributed by atoms with Crippen molar-refractivity contribution in [3.8, 4) is 67.3 Å². The van der Waals surface area contributed by atoms with Crippen LogP contribution in [0.3, 0.4) is 0 Å². The molecule has 0 spiro atoms. The first-order chi connectivity index (χ1) is 31.2. The molecule has 0 bridgehead atoms. The lowest BCUT2D eigenvalue weighted by atomic mass is 9.67. The van der Waals surface area contributed by atoms with E-state index < -0.39 is 5.41 Å². The minimum atomic E-state index is -0.445. The molecule has 0 amide bonds. The molecule has 0 saturated carbocycles. The smallest absolute Gasteiger partial charge is 0.160 e. The highest BCUT2D eigenvalue weighted by Gasteiger charge is 2.46. The molecule has 0 fully saturated rings. The van der Waals surface area contributed by atoms with Gasteiger partial charge >= 0.3 is 0 Å². The summed E-state index contributed by atoms with van der Waals surface area (Å²) in [4.78, 5) is 10.6. The number of rotatable bonds is 7. The van der Waals surface area contributed by atoms with Crippen molar-refractivity contribution in [1.82, 2.24) is 9.97 Å². The monoisotopic (exact) mass is 800 g/mol. The van der Waals surface area contributed by atoms with Crippen LogP contribution < -0.4 is 0 Å². The summed E-state index contributed by atoms with van der Waals surface area (Å²) in [6.45, 7) is 0. The van der Waals surface area contributed by atoms with Crippen molar-refractivity contribution in [3.05, 3.63) is 265 Å². The van der Waals surface area contributed by atoms with E-state index in [0.717, 1.165) is 50.0 Å². The van der Waals surface area contributed by atoms with E-state index in [1.165, 1.54) is 55.3 Å². The van der Waals surface area contributed by atoms with Crippen LogP contribution in [0.1, 0.15) is 22.3 Å². The van der Waals surface area contributed by atoms with Crippen molar-refractivity contribution >= 4 is 21.5 Å². The molecule has 12 rings (SSSR count). The predicted octanol–water partition coefficient (Wildman–Crippen LogP) is 15.5. The Morgan fingerprint density at radius 2 is 0.794 bits per heavy atom. The van der Waals surface area contributed by atoms with Gasteiger partial charge in [0.25, 0.3) is 0 Å². The summed E-state index contributed by atoms with van der Waals surface area (Å²) in [5.74, 6) is 0.700. The molecule has 0 saturated heterocycles. The Labute approximate surface area is 367 Å². The molecule has 0 atom stereocenters. The molecule has 2 heteroatoms. The van der Waals surface area contributed by atoms with Crippen molar-refractivity contribution in [1.29, 1.82) is 0 Å². The maximum Gasteiger partial charge on any atom is 0.160 e. The maximum absolute atomic E-state index is 5.32. The van der Waals surface area contributed by atoms with Crippen LogP contribution in [0.15, 0.2) is 243 Å². The summed E-state index contributed by atoms with van der Waals surface area (Å²) >= 11 is 0. The van der Waals surface area contributed by atoms with Gasteiger partial charge in [-0.2, -0.15) is 0 Å². The van der Waals surface area contributed by atoms with E-state index in [2.05, 4.69) is 237 Å². The number of nitrogens with zero attached hydrogens (tertiary/aromatic N) is 2. The highest BCUT2D eigenvalue weighted by atomic mass is 14.9. The molecular formula is C61H40N2. The van der Waals surface area contributed by atoms with Crippen molar-refractivity contribution in [2.75, 3.05) is 0 Å². The Kier molecular flexibility index (Phi) is 8.76. The maximum atomic E-state index is 5.32. The van der Waals surface area contributed by atoms with Crippen molar-refractivity contribution < 1.29 is 0 Å². The topological polar surface area (TPSA) is 25.8 Å². The van der Waals surface area contributed by atoms with Crippen molar-refractivity contribution in [3.63, 3.8) is 0 Å². The van der Waals surface area contributed by atoms with E-state index >= 15 is 0 Å². The summed E-state index contributed by atoms with van der Waals surface area (Å²) in [5.41, 5.74) is 16.9. The number of fused-ring (bicyclic) bond motifs is 5. The van der Waals surface area contributed by atoms with Crippen LogP contribution in [-0.2, 0) is 5.41 Å². The zero-order chi connectivity index (χ0) is 41.7. The molecule has 0 radical (unpaired) electrons. The third kappa shape index (κ3) is 6.10. The second kappa shape index (κ2) is 15.1. The van der Waals surface area contributed by atoms with E-state index in [1.54, 1.807) is 0 Å². The highest BCUT2D eigenvalue weighted by Crippen LogP contribution is 2.56. The number of aromatic nitrogens is 2. The Morgan fingerprint density at radius 3 is 1.52 bits per heavy atom. The molecule has 0 aliphatic heterocycles. The molecule has 11 aromatic rings. The fourth-order valence-electron chi connectivity index (χ4n) is 10.1. The molecule has 0 N–H and O–H groups in total. The van der Waals surface area contributed by atoms with Gasteiger partial charge in [-0.3, -0.25) is 0 Å². The van der Waals surface area contributed by atoms with Crippen LogP contribution in [0.25, 0.3) is 88.8 Å². The number of benzene rings is 10. The van der Waals surface area contributed by atoms with Gasteiger partial charge < -0.3 is 0 Å². The second-order valence-corrected chi connectivity index (χ2v) is 16.5. The minimum absolute atomic E-state index is 0.445. The normalized spacial score (nSPS) is 12.6. The first-order valence-electron chi connectivity index (χ1n) is 21.6. The first-order valence-corrected chi connectivity index (χ1v) is 21.6. The van der Waals surface area contributed by atoms with Gasteiger partial charge in [0.1, 0.15) is 0 Å². The second-order valence-electron chi connectivity index (χ2n) is 16.5. The van der Waals surface area contributed by atoms with E-state index in [4.69, 9.17) is 9.97 Å². The SMILES string of the molecule is c1ccc(-c2nc(-c3ccc4cc(-c5ccc6c(c5)C(c5ccccc5)(c5ccccc5)c5ccccc5-6)ccc4c3)cc(-c3c(-c4ccccc4)ccc4ccccc34)n2)cc1. The van der Waals surface area contributed by atoms with E-state index in [1.807, 2.05) is 6.07 Å². The average molecular weight is 801 g/mol. The molecular weight excluding hydrogens is 761 g/mol. The van der Waals surface area contributed by atoms with Gasteiger partial charge in [0.05, 0.1) is 16.8 Å². The standard InChI is InChI=1S/C61H40N2/c1-5-17-41(18-6-1)52-35-33-42-19-13-14-26-51(42)59(52)58-40-57(62-60(63-58)43-20-7-2-8-21-43)48-32-31-44-37-45(29-30-46(44)38-48)47-34-36-54-53-27-15-16-28-55(53)61(56(54)39-47,49-22-9-3-10-23-49)50-24-11-4-12-25-50/h1-40H. The summed E-state index contributed by atoms with van der Waals surface area (Å²) < 4.78 is 0.